The molecule has 0 aliphatic carbocycles. The summed E-state index contributed by atoms with van der Waals surface area (Å²) in [6, 6.07) is 40.0. The van der Waals surface area contributed by atoms with Gasteiger partial charge in [-0.05, 0) is 96.1 Å². The van der Waals surface area contributed by atoms with E-state index in [9.17, 15) is 29.7 Å². The first kappa shape index (κ1) is 43.2. The molecule has 2 atom stereocenters. The number of rotatable bonds is 16. The van der Waals surface area contributed by atoms with Crippen LogP contribution in [-0.2, 0) is 34.8 Å². The second kappa shape index (κ2) is 19.7. The molecule has 1 fully saturated rings. The number of fused-ring (bicyclic) bond motifs is 1. The number of phenolic OH excluding ortho intramolecular Hbond substituents is 1. The fourth-order valence-corrected chi connectivity index (χ4v) is 8.94. The molecule has 63 heavy (non-hydrogen) atoms. The van der Waals surface area contributed by atoms with Gasteiger partial charge in [0.25, 0.3) is 5.91 Å². The molecule has 1 saturated heterocycles. The number of likely N-dealkylation sites (tertiary alicyclic amines) is 1. The first-order valence-electron chi connectivity index (χ1n) is 21.0. The quantitative estimate of drug-likeness (QED) is 0.0567. The molecule has 322 valence electrons. The van der Waals surface area contributed by atoms with Gasteiger partial charge in [-0.3, -0.25) is 19.5 Å². The van der Waals surface area contributed by atoms with Crippen molar-refractivity contribution >= 4 is 34.1 Å². The minimum atomic E-state index is -2.02. The number of hydrogen-bond donors (Lipinski definition) is 6. The van der Waals surface area contributed by atoms with Crippen molar-refractivity contribution in [3.05, 3.63) is 188 Å². The second-order valence-electron chi connectivity index (χ2n) is 15.9. The van der Waals surface area contributed by atoms with E-state index in [4.69, 9.17) is 4.74 Å². The van der Waals surface area contributed by atoms with Gasteiger partial charge in [-0.1, -0.05) is 91.0 Å². The highest BCUT2D eigenvalue weighted by Crippen LogP contribution is 2.36. The van der Waals surface area contributed by atoms with Crippen LogP contribution in [0.1, 0.15) is 62.1 Å². The summed E-state index contributed by atoms with van der Waals surface area (Å²) in [6.45, 7) is 3.83. The molecule has 4 aromatic carbocycles. The van der Waals surface area contributed by atoms with Crippen LogP contribution in [0.15, 0.2) is 144 Å². The van der Waals surface area contributed by atoms with Crippen LogP contribution in [0, 0.1) is 5.92 Å². The zero-order chi connectivity index (χ0) is 43.8. The third-order valence-electron chi connectivity index (χ3n) is 11.5. The van der Waals surface area contributed by atoms with Crippen molar-refractivity contribution in [2.24, 2.45) is 5.92 Å². The highest BCUT2D eigenvalue weighted by molar-refractivity contribution is 7.15. The first-order valence-corrected chi connectivity index (χ1v) is 21.8. The number of piperidine rings is 1. The zero-order valence-electron chi connectivity index (χ0n) is 34.6. The number of esters is 1. The zero-order valence-corrected chi connectivity index (χ0v) is 35.4. The maximum atomic E-state index is 14.0. The Morgan fingerprint density at radius 3 is 2.38 bits per heavy atom. The number of pyridine rings is 2. The minimum absolute atomic E-state index is 0.0736. The first-order chi connectivity index (χ1) is 30.6. The van der Waals surface area contributed by atoms with Gasteiger partial charge >= 0.3 is 5.97 Å². The molecule has 4 heterocycles. The third-order valence-corrected chi connectivity index (χ3v) is 12.7. The standard InChI is InChI=1S/C50H49N5O7S/c56-43-19-16-40(41-17-21-46(58)54-47(41)43)44(57)30-51-27-35-14-18-42(52-28-35)48(59)53-29-39-15-20-45(63-39)36-10-7-13-38(26-36)50(61,37-11-5-2-6-12-37)49(60)62-32-34-22-24-55(25-23-34)31-33-8-3-1-4-9-33/h1-21,26,28,34,44,51,56-57,61H,22-25,27,29-32H2,(H,53,59)(H,54,58)/t44-,50?/m0/s1. The number of nitrogens with one attached hydrogen (secondary N) is 3. The Morgan fingerprint density at radius 2 is 1.62 bits per heavy atom. The van der Waals surface area contributed by atoms with Gasteiger partial charge in [-0.15, -0.1) is 11.3 Å². The van der Waals surface area contributed by atoms with Gasteiger partial charge in [0.2, 0.25) is 11.2 Å². The molecule has 12 nitrogen and oxygen atoms in total. The number of aromatic amines is 1. The summed E-state index contributed by atoms with van der Waals surface area (Å²) in [4.78, 5) is 50.0. The van der Waals surface area contributed by atoms with E-state index in [1.165, 1.54) is 29.0 Å². The van der Waals surface area contributed by atoms with E-state index in [0.717, 1.165) is 53.4 Å². The summed E-state index contributed by atoms with van der Waals surface area (Å²) in [7, 11) is 0. The molecule has 1 unspecified atom stereocenters. The lowest BCUT2D eigenvalue weighted by atomic mass is 9.85. The number of amides is 1. The molecule has 1 amide bonds. The van der Waals surface area contributed by atoms with Gasteiger partial charge in [0.15, 0.2) is 0 Å². The lowest BCUT2D eigenvalue weighted by Crippen LogP contribution is -2.40. The number of H-pyrrole nitrogens is 1. The van der Waals surface area contributed by atoms with Gasteiger partial charge in [-0.2, -0.15) is 0 Å². The SMILES string of the molecule is O=C(NCc1ccc(-c2cccc(C(O)(C(=O)OCC3CCN(Cc4ccccc4)CC3)c3ccccc3)c2)s1)c1ccc(CNC[C@H](O)c2ccc(O)c3[nH]c(=O)ccc23)cn1. The average molecular weight is 864 g/mol. The summed E-state index contributed by atoms with van der Waals surface area (Å²) in [5.41, 5.74) is 2.46. The van der Waals surface area contributed by atoms with E-state index in [-0.39, 0.29) is 54.0 Å². The highest BCUT2D eigenvalue weighted by Gasteiger charge is 2.42. The van der Waals surface area contributed by atoms with Crippen LogP contribution in [0.3, 0.4) is 0 Å². The number of nitrogens with zero attached hydrogens (tertiary/aromatic N) is 2. The number of aliphatic hydroxyl groups is 2. The number of ether oxygens (including phenoxy) is 1. The van der Waals surface area contributed by atoms with Crippen molar-refractivity contribution in [1.29, 1.82) is 0 Å². The molecule has 0 radical (unpaired) electrons. The summed E-state index contributed by atoms with van der Waals surface area (Å²) < 4.78 is 5.94. The van der Waals surface area contributed by atoms with Crippen LogP contribution in [0.5, 0.6) is 5.75 Å². The van der Waals surface area contributed by atoms with Crippen molar-refractivity contribution in [2.75, 3.05) is 26.2 Å². The topological polar surface area (TPSA) is 177 Å². The number of aromatic hydroxyl groups is 1. The summed E-state index contributed by atoms with van der Waals surface area (Å²) in [5, 5.41) is 40.0. The fraction of sp³-hybridized carbons (Fsp3) is 0.240. The number of aliphatic hydroxyl groups excluding tert-OH is 1. The fourth-order valence-electron chi connectivity index (χ4n) is 7.99. The number of carbonyl (C=O) groups excluding carboxylic acids is 2. The lowest BCUT2D eigenvalue weighted by molar-refractivity contribution is -0.164. The monoisotopic (exact) mass is 863 g/mol. The highest BCUT2D eigenvalue weighted by atomic mass is 32.1. The Kier molecular flexibility index (Phi) is 13.5. The summed E-state index contributed by atoms with van der Waals surface area (Å²) in [5.74, 6) is -0.902. The predicted octanol–water partition coefficient (Wildman–Crippen LogP) is 6.80. The summed E-state index contributed by atoms with van der Waals surface area (Å²) in [6.07, 6.45) is 2.51. The molecule has 0 spiro atoms. The third kappa shape index (κ3) is 10.3. The number of benzene rings is 4. The number of hydrogen-bond acceptors (Lipinski definition) is 11. The van der Waals surface area contributed by atoms with E-state index < -0.39 is 17.7 Å². The van der Waals surface area contributed by atoms with Crippen LogP contribution >= 0.6 is 11.3 Å². The second-order valence-corrected chi connectivity index (χ2v) is 17.1. The predicted molar refractivity (Wildman–Crippen MR) is 243 cm³/mol. The number of carbonyl (C=O) groups is 2. The summed E-state index contributed by atoms with van der Waals surface area (Å²) >= 11 is 1.50. The Hall–Kier alpha value is -6.48. The van der Waals surface area contributed by atoms with E-state index in [1.807, 2.05) is 42.5 Å². The van der Waals surface area contributed by atoms with Gasteiger partial charge in [0.05, 0.1) is 24.8 Å². The number of thiophene rings is 1. The van der Waals surface area contributed by atoms with Crippen molar-refractivity contribution < 1.29 is 29.6 Å². The molecule has 7 aromatic rings. The van der Waals surface area contributed by atoms with Crippen molar-refractivity contribution in [3.63, 3.8) is 0 Å². The van der Waals surface area contributed by atoms with E-state index in [1.54, 1.807) is 60.8 Å². The maximum absolute atomic E-state index is 14.0. The van der Waals surface area contributed by atoms with Crippen LogP contribution in [0.25, 0.3) is 21.3 Å². The largest absolute Gasteiger partial charge is 0.506 e. The van der Waals surface area contributed by atoms with Crippen LogP contribution < -0.4 is 16.2 Å². The maximum Gasteiger partial charge on any atom is 0.347 e. The molecule has 1 aliphatic rings. The minimum Gasteiger partial charge on any atom is -0.506 e. The molecular formula is C50H49N5O7S. The van der Waals surface area contributed by atoms with E-state index in [0.29, 0.717) is 28.6 Å². The Bertz CT molecular complexity index is 2720. The van der Waals surface area contributed by atoms with Gasteiger partial charge < -0.3 is 35.7 Å². The Labute approximate surface area is 368 Å². The molecule has 8 rings (SSSR count). The van der Waals surface area contributed by atoms with Crippen LogP contribution in [0.2, 0.25) is 0 Å². The molecule has 0 saturated carbocycles. The lowest BCUT2D eigenvalue weighted by Gasteiger charge is -2.33. The Balaban J connectivity index is 0.848. The van der Waals surface area contributed by atoms with Crippen molar-refractivity contribution in [3.8, 4) is 16.2 Å². The molecule has 1 aliphatic heterocycles. The number of phenols is 1. The van der Waals surface area contributed by atoms with Crippen LogP contribution in [-0.4, -0.2) is 68.3 Å². The van der Waals surface area contributed by atoms with Crippen molar-refractivity contribution in [2.45, 2.75) is 44.2 Å². The Morgan fingerprint density at radius 1 is 0.857 bits per heavy atom. The smallest absolute Gasteiger partial charge is 0.347 e. The normalized spacial score (nSPS) is 14.8. The van der Waals surface area contributed by atoms with Gasteiger partial charge in [0, 0.05) is 52.6 Å². The average Bonchev–Trinajstić information content (AvgIpc) is 3.80. The van der Waals surface area contributed by atoms with E-state index >= 15 is 0 Å². The van der Waals surface area contributed by atoms with E-state index in [2.05, 4.69) is 49.8 Å². The van der Waals surface area contributed by atoms with Crippen LogP contribution in [0.4, 0.5) is 0 Å². The molecular weight excluding hydrogens is 815 g/mol. The molecule has 6 N–H and O–H groups in total. The van der Waals surface area contributed by atoms with Gasteiger partial charge in [0.1, 0.15) is 11.4 Å². The molecule has 3 aromatic heterocycles. The molecule has 13 heteroatoms. The number of aromatic nitrogens is 2. The van der Waals surface area contributed by atoms with Crippen molar-refractivity contribution in [1.82, 2.24) is 25.5 Å². The van der Waals surface area contributed by atoms with Gasteiger partial charge in [-0.25, -0.2) is 4.79 Å². The molecule has 0 bridgehead atoms.